The topological polar surface area (TPSA) is 51.4 Å². The SMILES string of the molecule is Cc1cc(CCN)cnc1N1CC(C)OC(C)(C)C1. The summed E-state index contributed by atoms with van der Waals surface area (Å²) in [5, 5.41) is 0. The number of aromatic nitrogens is 1. The molecule has 2 N–H and O–H groups in total. The molecule has 1 aromatic heterocycles. The Labute approximate surface area is 116 Å². The number of hydrogen-bond acceptors (Lipinski definition) is 4. The number of morpholine rings is 1. The number of anilines is 1. The van der Waals surface area contributed by atoms with Crippen LogP contribution in [0.4, 0.5) is 5.82 Å². The minimum atomic E-state index is -0.123. The highest BCUT2D eigenvalue weighted by atomic mass is 16.5. The van der Waals surface area contributed by atoms with Gasteiger partial charge in [0.2, 0.25) is 0 Å². The van der Waals surface area contributed by atoms with E-state index in [9.17, 15) is 0 Å². The van der Waals surface area contributed by atoms with Gasteiger partial charge in [-0.05, 0) is 51.8 Å². The van der Waals surface area contributed by atoms with Crippen molar-refractivity contribution in [2.24, 2.45) is 5.73 Å². The van der Waals surface area contributed by atoms with Gasteiger partial charge >= 0.3 is 0 Å². The first-order valence-corrected chi connectivity index (χ1v) is 6.99. The highest BCUT2D eigenvalue weighted by Gasteiger charge is 2.32. The maximum absolute atomic E-state index is 5.94. The number of aryl methyl sites for hydroxylation is 1. The van der Waals surface area contributed by atoms with Crippen LogP contribution in [0.25, 0.3) is 0 Å². The van der Waals surface area contributed by atoms with Gasteiger partial charge in [0, 0.05) is 19.3 Å². The van der Waals surface area contributed by atoms with E-state index in [0.29, 0.717) is 6.54 Å². The van der Waals surface area contributed by atoms with Gasteiger partial charge < -0.3 is 15.4 Å². The summed E-state index contributed by atoms with van der Waals surface area (Å²) in [5.74, 6) is 1.07. The maximum atomic E-state index is 5.94. The Hall–Kier alpha value is -1.13. The highest BCUT2D eigenvalue weighted by Crippen LogP contribution is 2.27. The molecule has 1 fully saturated rings. The number of rotatable bonds is 3. The Balaban J connectivity index is 2.21. The summed E-state index contributed by atoms with van der Waals surface area (Å²) in [5.41, 5.74) is 7.90. The van der Waals surface area contributed by atoms with Crippen LogP contribution in [0.3, 0.4) is 0 Å². The summed E-state index contributed by atoms with van der Waals surface area (Å²) in [6, 6.07) is 2.20. The minimum absolute atomic E-state index is 0.123. The summed E-state index contributed by atoms with van der Waals surface area (Å²) in [7, 11) is 0. The van der Waals surface area contributed by atoms with Crippen molar-refractivity contribution < 1.29 is 4.74 Å². The molecule has 1 atom stereocenters. The molecular weight excluding hydrogens is 238 g/mol. The van der Waals surface area contributed by atoms with Crippen molar-refractivity contribution in [2.45, 2.75) is 45.8 Å². The van der Waals surface area contributed by atoms with Gasteiger partial charge in [0.15, 0.2) is 0 Å². The van der Waals surface area contributed by atoms with E-state index in [-0.39, 0.29) is 11.7 Å². The smallest absolute Gasteiger partial charge is 0.131 e. The maximum Gasteiger partial charge on any atom is 0.131 e. The van der Waals surface area contributed by atoms with Gasteiger partial charge in [0.05, 0.1) is 11.7 Å². The number of hydrogen-bond donors (Lipinski definition) is 1. The van der Waals surface area contributed by atoms with Crippen LogP contribution in [0.1, 0.15) is 31.9 Å². The van der Waals surface area contributed by atoms with Crippen LogP contribution in [0.15, 0.2) is 12.3 Å². The third-order valence-electron chi connectivity index (χ3n) is 3.41. The molecule has 0 spiro atoms. The lowest BCUT2D eigenvalue weighted by Crippen LogP contribution is -2.52. The summed E-state index contributed by atoms with van der Waals surface area (Å²) in [6.07, 6.45) is 3.07. The molecule has 0 aromatic carbocycles. The van der Waals surface area contributed by atoms with Gasteiger partial charge in [-0.3, -0.25) is 0 Å². The Morgan fingerprint density at radius 3 is 2.84 bits per heavy atom. The van der Waals surface area contributed by atoms with E-state index in [1.807, 2.05) is 6.20 Å². The van der Waals surface area contributed by atoms with E-state index in [1.165, 1.54) is 11.1 Å². The molecule has 0 radical (unpaired) electrons. The second-order valence-electron chi connectivity index (χ2n) is 6.09. The molecule has 106 valence electrons. The van der Waals surface area contributed by atoms with Gasteiger partial charge in [0.25, 0.3) is 0 Å². The first-order valence-electron chi connectivity index (χ1n) is 6.99. The third kappa shape index (κ3) is 3.45. The monoisotopic (exact) mass is 263 g/mol. The van der Waals surface area contributed by atoms with Crippen molar-refractivity contribution in [1.29, 1.82) is 0 Å². The first-order chi connectivity index (χ1) is 8.91. The summed E-state index contributed by atoms with van der Waals surface area (Å²) < 4.78 is 5.94. The van der Waals surface area contributed by atoms with Crippen LogP contribution < -0.4 is 10.6 Å². The fraction of sp³-hybridized carbons (Fsp3) is 0.667. The Morgan fingerprint density at radius 1 is 1.53 bits per heavy atom. The van der Waals surface area contributed by atoms with E-state index < -0.39 is 0 Å². The Bertz CT molecular complexity index is 445. The van der Waals surface area contributed by atoms with Crippen LogP contribution in [0.5, 0.6) is 0 Å². The zero-order chi connectivity index (χ0) is 14.0. The molecule has 1 aromatic rings. The lowest BCUT2D eigenvalue weighted by molar-refractivity contribution is -0.0751. The molecule has 1 aliphatic heterocycles. The quantitative estimate of drug-likeness (QED) is 0.905. The zero-order valence-electron chi connectivity index (χ0n) is 12.4. The average molecular weight is 263 g/mol. The van der Waals surface area contributed by atoms with Crippen molar-refractivity contribution in [2.75, 3.05) is 24.5 Å². The van der Waals surface area contributed by atoms with Crippen molar-refractivity contribution in [3.8, 4) is 0 Å². The van der Waals surface area contributed by atoms with Gasteiger partial charge in [-0.25, -0.2) is 4.98 Å². The minimum Gasteiger partial charge on any atom is -0.369 e. The molecular formula is C15H25N3O. The van der Waals surface area contributed by atoms with Crippen LogP contribution in [0.2, 0.25) is 0 Å². The second kappa shape index (κ2) is 5.47. The third-order valence-corrected chi connectivity index (χ3v) is 3.41. The van der Waals surface area contributed by atoms with Gasteiger partial charge in [-0.1, -0.05) is 6.07 Å². The van der Waals surface area contributed by atoms with E-state index in [2.05, 4.69) is 43.6 Å². The predicted molar refractivity (Wildman–Crippen MR) is 78.6 cm³/mol. The molecule has 1 unspecified atom stereocenters. The summed E-state index contributed by atoms with van der Waals surface area (Å²) >= 11 is 0. The largest absolute Gasteiger partial charge is 0.369 e. The van der Waals surface area contributed by atoms with Crippen molar-refractivity contribution in [3.05, 3.63) is 23.4 Å². The standard InChI is InChI=1S/C15H25N3O/c1-11-7-13(5-6-16)8-17-14(11)18-9-12(2)19-15(3,4)10-18/h7-8,12H,5-6,9-10,16H2,1-4H3. The molecule has 2 heterocycles. The molecule has 1 aliphatic rings. The van der Waals surface area contributed by atoms with E-state index in [4.69, 9.17) is 10.5 Å². The van der Waals surface area contributed by atoms with E-state index in [0.717, 1.165) is 25.3 Å². The predicted octanol–water partition coefficient (Wildman–Crippen LogP) is 1.89. The summed E-state index contributed by atoms with van der Waals surface area (Å²) in [4.78, 5) is 6.96. The number of nitrogens with zero attached hydrogens (tertiary/aromatic N) is 2. The zero-order valence-corrected chi connectivity index (χ0v) is 12.4. The van der Waals surface area contributed by atoms with Crippen molar-refractivity contribution in [1.82, 2.24) is 4.98 Å². The molecule has 0 amide bonds. The Morgan fingerprint density at radius 2 is 2.26 bits per heavy atom. The highest BCUT2D eigenvalue weighted by molar-refractivity contribution is 5.48. The molecule has 19 heavy (non-hydrogen) atoms. The average Bonchev–Trinajstić information content (AvgIpc) is 2.26. The lowest BCUT2D eigenvalue weighted by Gasteiger charge is -2.42. The van der Waals surface area contributed by atoms with Crippen LogP contribution in [-0.2, 0) is 11.2 Å². The van der Waals surface area contributed by atoms with Crippen LogP contribution in [-0.4, -0.2) is 36.3 Å². The van der Waals surface area contributed by atoms with Crippen LogP contribution in [0, 0.1) is 6.92 Å². The molecule has 2 rings (SSSR count). The van der Waals surface area contributed by atoms with Gasteiger partial charge in [-0.15, -0.1) is 0 Å². The molecule has 0 saturated carbocycles. The molecule has 4 nitrogen and oxygen atoms in total. The molecule has 4 heteroatoms. The Kier molecular flexibility index (Phi) is 4.11. The molecule has 1 saturated heterocycles. The van der Waals surface area contributed by atoms with Gasteiger partial charge in [-0.2, -0.15) is 0 Å². The van der Waals surface area contributed by atoms with Crippen molar-refractivity contribution >= 4 is 5.82 Å². The number of ether oxygens (including phenoxy) is 1. The van der Waals surface area contributed by atoms with Crippen molar-refractivity contribution in [3.63, 3.8) is 0 Å². The first kappa shape index (κ1) is 14.3. The second-order valence-corrected chi connectivity index (χ2v) is 6.09. The number of pyridine rings is 1. The van der Waals surface area contributed by atoms with Gasteiger partial charge in [0.1, 0.15) is 5.82 Å². The van der Waals surface area contributed by atoms with E-state index >= 15 is 0 Å². The normalized spacial score (nSPS) is 22.6. The molecule has 0 bridgehead atoms. The number of nitrogens with two attached hydrogens (primary N) is 1. The lowest BCUT2D eigenvalue weighted by atomic mass is 10.0. The molecule has 0 aliphatic carbocycles. The fourth-order valence-electron chi connectivity index (χ4n) is 2.88. The van der Waals surface area contributed by atoms with E-state index in [1.54, 1.807) is 0 Å². The van der Waals surface area contributed by atoms with Crippen LogP contribution >= 0.6 is 0 Å². The fourth-order valence-corrected chi connectivity index (χ4v) is 2.88. The summed E-state index contributed by atoms with van der Waals surface area (Å²) in [6.45, 7) is 10.9.